The molecule has 0 unspecified atom stereocenters. The highest BCUT2D eigenvalue weighted by Gasteiger charge is 2.34. The number of nitrogens with one attached hydrogen (secondary N) is 2. The van der Waals surface area contributed by atoms with Crippen LogP contribution in [-0.4, -0.2) is 79.0 Å². The number of halogens is 1. The van der Waals surface area contributed by atoms with E-state index in [1.54, 1.807) is 25.3 Å². The summed E-state index contributed by atoms with van der Waals surface area (Å²) in [6.07, 6.45) is 3.88. The molecule has 0 saturated carbocycles. The number of nitrogens with zero attached hydrogens (tertiary/aromatic N) is 2. The van der Waals surface area contributed by atoms with Crippen LogP contribution in [0.4, 0.5) is 5.69 Å². The first-order valence-electron chi connectivity index (χ1n) is 14.5. The first-order valence-corrected chi connectivity index (χ1v) is 14.8. The van der Waals surface area contributed by atoms with Crippen LogP contribution in [0.5, 0.6) is 0 Å². The number of nitrogens with two attached hydrogens (primary N) is 1. The standard InChI is InChI=1S/C31H42ClN5O4/c1-21-17-24(11-12-26(21)32)34-30(39)27(13-14-33)35-31(40)28-18-22-7-3-4-8-23(22)19-36(28)15-6-10-29(38)37-16-5-9-25(37)20-41-2/h3-4,7-8,11-12,17,25,27-28H,5-6,9-10,13-16,18-20,33H2,1-2H3,(H,34,39)(H,35,40)/t25-,27-,28-/m0/s1. The van der Waals surface area contributed by atoms with Crippen LogP contribution in [0.1, 0.15) is 48.8 Å². The number of amides is 3. The highest BCUT2D eigenvalue weighted by atomic mass is 35.5. The Hall–Kier alpha value is -2.98. The number of anilines is 1. The number of carbonyl (C=O) groups is 3. The Balaban J connectivity index is 1.41. The third-order valence-electron chi connectivity index (χ3n) is 8.05. The van der Waals surface area contributed by atoms with Crippen molar-refractivity contribution in [3.63, 3.8) is 0 Å². The molecule has 0 bridgehead atoms. The van der Waals surface area contributed by atoms with E-state index in [9.17, 15) is 14.4 Å². The second-order valence-corrected chi connectivity index (χ2v) is 11.4. The Morgan fingerprint density at radius 3 is 2.68 bits per heavy atom. The lowest BCUT2D eigenvalue weighted by Crippen LogP contribution is -2.55. The molecule has 0 aromatic heterocycles. The Labute approximate surface area is 247 Å². The maximum atomic E-state index is 13.7. The van der Waals surface area contributed by atoms with Crippen LogP contribution in [-0.2, 0) is 32.1 Å². The third-order valence-corrected chi connectivity index (χ3v) is 8.48. The van der Waals surface area contributed by atoms with Gasteiger partial charge < -0.3 is 26.0 Å². The van der Waals surface area contributed by atoms with Gasteiger partial charge in [0.1, 0.15) is 6.04 Å². The topological polar surface area (TPSA) is 117 Å². The van der Waals surface area contributed by atoms with Gasteiger partial charge in [-0.1, -0.05) is 35.9 Å². The lowest BCUT2D eigenvalue weighted by molar-refractivity contribution is -0.133. The molecule has 0 aliphatic carbocycles. The molecular formula is C31H42ClN5O4. The summed E-state index contributed by atoms with van der Waals surface area (Å²) in [7, 11) is 1.67. The van der Waals surface area contributed by atoms with Crippen LogP contribution in [0, 0.1) is 6.92 Å². The fourth-order valence-corrected chi connectivity index (χ4v) is 5.95. The molecule has 1 saturated heterocycles. The number of aryl methyl sites for hydroxylation is 1. The second-order valence-electron chi connectivity index (χ2n) is 11.0. The van der Waals surface area contributed by atoms with Gasteiger partial charge in [-0.15, -0.1) is 0 Å². The van der Waals surface area contributed by atoms with E-state index in [1.165, 1.54) is 5.56 Å². The van der Waals surface area contributed by atoms with Crippen molar-refractivity contribution >= 4 is 35.0 Å². The molecule has 0 radical (unpaired) electrons. The average molecular weight is 584 g/mol. The van der Waals surface area contributed by atoms with Gasteiger partial charge in [-0.25, -0.2) is 0 Å². The molecule has 3 atom stereocenters. The molecule has 4 N–H and O–H groups in total. The molecule has 0 spiro atoms. The summed E-state index contributed by atoms with van der Waals surface area (Å²) in [5, 5.41) is 6.47. The highest BCUT2D eigenvalue weighted by molar-refractivity contribution is 6.31. The van der Waals surface area contributed by atoms with Gasteiger partial charge in [0.15, 0.2) is 0 Å². The highest BCUT2D eigenvalue weighted by Crippen LogP contribution is 2.25. The fourth-order valence-electron chi connectivity index (χ4n) is 5.83. The molecule has 9 nitrogen and oxygen atoms in total. The van der Waals surface area contributed by atoms with Crippen molar-refractivity contribution in [2.75, 3.05) is 38.7 Å². The summed E-state index contributed by atoms with van der Waals surface area (Å²) in [5.74, 6) is -0.401. The van der Waals surface area contributed by atoms with Gasteiger partial charge in [-0.2, -0.15) is 0 Å². The number of hydrogen-bond acceptors (Lipinski definition) is 6. The van der Waals surface area contributed by atoms with E-state index in [4.69, 9.17) is 22.1 Å². The molecule has 4 rings (SSSR count). The second kappa shape index (κ2) is 14.8. The van der Waals surface area contributed by atoms with Crippen LogP contribution in [0.2, 0.25) is 5.02 Å². The zero-order chi connectivity index (χ0) is 29.4. The molecule has 2 heterocycles. The largest absolute Gasteiger partial charge is 0.383 e. The van der Waals surface area contributed by atoms with Gasteiger partial charge >= 0.3 is 0 Å². The van der Waals surface area contributed by atoms with Crippen molar-refractivity contribution in [3.05, 3.63) is 64.2 Å². The molecular weight excluding hydrogens is 542 g/mol. The Bertz CT molecular complexity index is 1220. The number of methoxy groups -OCH3 is 1. The Morgan fingerprint density at radius 2 is 1.95 bits per heavy atom. The Kier molecular flexibility index (Phi) is 11.2. The lowest BCUT2D eigenvalue weighted by Gasteiger charge is -2.36. The molecule has 2 aliphatic rings. The average Bonchev–Trinajstić information content (AvgIpc) is 3.43. The van der Waals surface area contributed by atoms with Gasteiger partial charge in [-0.05, 0) is 87.0 Å². The van der Waals surface area contributed by atoms with Crippen LogP contribution < -0.4 is 16.4 Å². The first-order chi connectivity index (χ1) is 19.8. The van der Waals surface area contributed by atoms with Gasteiger partial charge in [0.05, 0.1) is 18.7 Å². The minimum atomic E-state index is -0.781. The van der Waals surface area contributed by atoms with Crippen molar-refractivity contribution in [3.8, 4) is 0 Å². The predicted molar refractivity (Wildman–Crippen MR) is 161 cm³/mol. The molecule has 2 aromatic rings. The lowest BCUT2D eigenvalue weighted by atomic mass is 9.93. The SMILES string of the molecule is COC[C@@H]1CCCN1C(=O)CCCN1Cc2ccccc2C[C@H]1C(=O)N[C@@H](CCN)C(=O)Nc1ccc(Cl)c(C)c1. The van der Waals surface area contributed by atoms with Gasteiger partial charge in [0.2, 0.25) is 17.7 Å². The van der Waals surface area contributed by atoms with Crippen molar-refractivity contribution in [1.29, 1.82) is 0 Å². The van der Waals surface area contributed by atoms with Crippen LogP contribution in [0.25, 0.3) is 0 Å². The minimum absolute atomic E-state index is 0.139. The number of ether oxygens (including phenoxy) is 1. The quantitative estimate of drug-likeness (QED) is 0.353. The first kappa shape index (κ1) is 31.0. The smallest absolute Gasteiger partial charge is 0.246 e. The maximum absolute atomic E-state index is 13.7. The number of carbonyl (C=O) groups excluding carboxylic acids is 3. The zero-order valence-electron chi connectivity index (χ0n) is 24.0. The van der Waals surface area contributed by atoms with Crippen molar-refractivity contribution in [1.82, 2.24) is 15.1 Å². The number of benzene rings is 2. The summed E-state index contributed by atoms with van der Waals surface area (Å²) in [4.78, 5) is 43.9. The van der Waals surface area contributed by atoms with E-state index in [0.717, 1.165) is 30.5 Å². The van der Waals surface area contributed by atoms with E-state index in [-0.39, 0.29) is 30.3 Å². The van der Waals surface area contributed by atoms with Gasteiger partial charge in [0.25, 0.3) is 0 Å². The van der Waals surface area contributed by atoms with Crippen molar-refractivity contribution < 1.29 is 19.1 Å². The predicted octanol–water partition coefficient (Wildman–Crippen LogP) is 3.27. The molecule has 2 aromatic carbocycles. The molecule has 222 valence electrons. The van der Waals surface area contributed by atoms with Gasteiger partial charge in [-0.3, -0.25) is 19.3 Å². The Morgan fingerprint density at radius 1 is 1.17 bits per heavy atom. The van der Waals surface area contributed by atoms with E-state index in [2.05, 4.69) is 21.6 Å². The van der Waals surface area contributed by atoms with Crippen LogP contribution in [0.3, 0.4) is 0 Å². The van der Waals surface area contributed by atoms with Crippen molar-refractivity contribution in [2.45, 2.75) is 70.1 Å². The van der Waals surface area contributed by atoms with Crippen LogP contribution in [0.15, 0.2) is 42.5 Å². The number of fused-ring (bicyclic) bond motifs is 1. The molecule has 1 fully saturated rings. The summed E-state index contributed by atoms with van der Waals surface area (Å²) < 4.78 is 5.30. The minimum Gasteiger partial charge on any atom is -0.383 e. The number of hydrogen-bond donors (Lipinski definition) is 3. The molecule has 3 amide bonds. The van der Waals surface area contributed by atoms with E-state index < -0.39 is 12.1 Å². The van der Waals surface area contributed by atoms with Crippen LogP contribution >= 0.6 is 11.6 Å². The third kappa shape index (κ3) is 8.07. The number of likely N-dealkylation sites (tertiary alicyclic amines) is 1. The van der Waals surface area contributed by atoms with E-state index in [0.29, 0.717) is 56.1 Å². The van der Waals surface area contributed by atoms with E-state index in [1.807, 2.05) is 30.0 Å². The van der Waals surface area contributed by atoms with E-state index >= 15 is 0 Å². The normalized spacial score (nSPS) is 19.5. The fraction of sp³-hybridized carbons (Fsp3) is 0.516. The monoisotopic (exact) mass is 583 g/mol. The maximum Gasteiger partial charge on any atom is 0.246 e. The summed E-state index contributed by atoms with van der Waals surface area (Å²) in [6.45, 7) is 4.65. The summed E-state index contributed by atoms with van der Waals surface area (Å²) in [5.41, 5.74) is 9.57. The molecule has 2 aliphatic heterocycles. The summed E-state index contributed by atoms with van der Waals surface area (Å²) >= 11 is 6.12. The molecule has 41 heavy (non-hydrogen) atoms. The molecule has 10 heteroatoms. The van der Waals surface area contributed by atoms with Gasteiger partial charge in [0, 0.05) is 37.3 Å². The van der Waals surface area contributed by atoms with Crippen molar-refractivity contribution in [2.24, 2.45) is 5.73 Å². The zero-order valence-corrected chi connectivity index (χ0v) is 24.8. The summed E-state index contributed by atoms with van der Waals surface area (Å²) in [6, 6.07) is 12.3. The number of rotatable bonds is 12.